The second-order valence-electron chi connectivity index (χ2n) is 4.30. The summed E-state index contributed by atoms with van der Waals surface area (Å²) >= 11 is 2.14. The molecule has 0 aromatic heterocycles. The molecule has 1 atom stereocenters. The Labute approximate surface area is 137 Å². The van der Waals surface area contributed by atoms with Crippen molar-refractivity contribution in [1.29, 1.82) is 0 Å². The van der Waals surface area contributed by atoms with Gasteiger partial charge < -0.3 is 19.9 Å². The monoisotopic (exact) mass is 407 g/mol. The van der Waals surface area contributed by atoms with Crippen molar-refractivity contribution in [2.75, 3.05) is 26.9 Å². The molecule has 1 aromatic rings. The van der Waals surface area contributed by atoms with Crippen molar-refractivity contribution < 1.29 is 24.2 Å². The predicted octanol–water partition coefficient (Wildman–Crippen LogP) is 1.07. The molecule has 7 heteroatoms. The number of carbonyl (C=O) groups is 2. The Morgan fingerprint density at radius 1 is 1.33 bits per heavy atom. The summed E-state index contributed by atoms with van der Waals surface area (Å²) < 4.78 is 10.8. The lowest BCUT2D eigenvalue weighted by Gasteiger charge is -2.15. The van der Waals surface area contributed by atoms with E-state index in [1.165, 1.54) is 7.11 Å². The maximum atomic E-state index is 11.7. The van der Waals surface area contributed by atoms with Crippen molar-refractivity contribution in [2.24, 2.45) is 0 Å². The Morgan fingerprint density at radius 3 is 2.67 bits per heavy atom. The summed E-state index contributed by atoms with van der Waals surface area (Å²) in [6.07, 6.45) is 0.234. The van der Waals surface area contributed by atoms with Gasteiger partial charge in [0.05, 0.1) is 13.2 Å². The van der Waals surface area contributed by atoms with Crippen LogP contribution in [0.1, 0.15) is 5.56 Å². The van der Waals surface area contributed by atoms with E-state index in [2.05, 4.69) is 27.9 Å². The molecule has 0 aliphatic rings. The van der Waals surface area contributed by atoms with Crippen molar-refractivity contribution in [3.05, 3.63) is 33.4 Å². The number of ether oxygens (including phenoxy) is 2. The lowest BCUT2D eigenvalue weighted by molar-refractivity contribution is -0.142. The first kappa shape index (κ1) is 17.9. The fourth-order valence-electron chi connectivity index (χ4n) is 1.63. The van der Waals surface area contributed by atoms with E-state index in [0.717, 1.165) is 9.13 Å². The molecule has 1 aromatic carbocycles. The van der Waals surface area contributed by atoms with E-state index in [4.69, 9.17) is 9.47 Å². The van der Waals surface area contributed by atoms with E-state index in [0.29, 0.717) is 6.61 Å². The van der Waals surface area contributed by atoms with Gasteiger partial charge >= 0.3 is 5.97 Å². The number of rotatable bonds is 9. The van der Waals surface area contributed by atoms with E-state index >= 15 is 0 Å². The maximum absolute atomic E-state index is 11.7. The first-order valence-electron chi connectivity index (χ1n) is 6.37. The first-order valence-corrected chi connectivity index (χ1v) is 7.44. The van der Waals surface area contributed by atoms with Gasteiger partial charge in [0.25, 0.3) is 0 Å². The fourth-order valence-corrected chi connectivity index (χ4v) is 2.23. The molecule has 0 unspecified atom stereocenters. The van der Waals surface area contributed by atoms with Crippen molar-refractivity contribution in [1.82, 2.24) is 5.32 Å². The summed E-state index contributed by atoms with van der Waals surface area (Å²) in [6, 6.07) is 6.48. The minimum absolute atomic E-state index is 0.182. The molecular weight excluding hydrogens is 389 g/mol. The molecule has 0 spiro atoms. The second kappa shape index (κ2) is 9.69. The van der Waals surface area contributed by atoms with Crippen molar-refractivity contribution >= 4 is 34.5 Å². The molecular formula is C14H18INO5. The highest BCUT2D eigenvalue weighted by atomic mass is 127. The van der Waals surface area contributed by atoms with E-state index < -0.39 is 17.9 Å². The quantitative estimate of drug-likeness (QED) is 0.473. The van der Waals surface area contributed by atoms with Crippen LogP contribution in [0.15, 0.2) is 24.3 Å². The van der Waals surface area contributed by atoms with Crippen LogP contribution in [-0.4, -0.2) is 50.0 Å². The van der Waals surface area contributed by atoms with Crippen molar-refractivity contribution in [3.8, 4) is 0 Å². The Balaban J connectivity index is 2.52. The van der Waals surface area contributed by atoms with Crippen LogP contribution in [0.25, 0.3) is 0 Å². The van der Waals surface area contributed by atoms with Gasteiger partial charge in [-0.05, 0) is 34.2 Å². The standard InChI is InChI=1S/C14H18INO5/c1-20-6-7-21-9-13(17)16-12(14(18)19)8-10-4-2-3-5-11(10)15/h2-5,12H,6-9H2,1H3,(H,16,17)(H,18,19)/t12-/m0/s1. The lowest BCUT2D eigenvalue weighted by atomic mass is 10.1. The number of halogens is 1. The number of aliphatic carboxylic acids is 1. The normalized spacial score (nSPS) is 11.9. The van der Waals surface area contributed by atoms with Gasteiger partial charge in [0.1, 0.15) is 12.6 Å². The fraction of sp³-hybridized carbons (Fsp3) is 0.429. The number of carboxylic acids is 1. The van der Waals surface area contributed by atoms with Gasteiger partial charge in [-0.15, -0.1) is 0 Å². The Bertz CT molecular complexity index is 480. The summed E-state index contributed by atoms with van der Waals surface area (Å²) in [5, 5.41) is 11.7. The molecule has 21 heavy (non-hydrogen) atoms. The third-order valence-electron chi connectivity index (χ3n) is 2.68. The van der Waals surface area contributed by atoms with E-state index in [-0.39, 0.29) is 19.6 Å². The van der Waals surface area contributed by atoms with Crippen LogP contribution in [0.2, 0.25) is 0 Å². The first-order chi connectivity index (χ1) is 10.0. The van der Waals surface area contributed by atoms with E-state index in [1.54, 1.807) is 0 Å². The molecule has 0 heterocycles. The van der Waals surface area contributed by atoms with Gasteiger partial charge in [0, 0.05) is 17.1 Å². The summed E-state index contributed by atoms with van der Waals surface area (Å²) in [4.78, 5) is 22.9. The zero-order valence-corrected chi connectivity index (χ0v) is 13.8. The molecule has 0 radical (unpaired) electrons. The number of hydrogen-bond donors (Lipinski definition) is 2. The Hall–Kier alpha value is -1.19. The minimum atomic E-state index is -1.07. The third-order valence-corrected chi connectivity index (χ3v) is 3.73. The van der Waals surface area contributed by atoms with Crippen LogP contribution < -0.4 is 5.32 Å². The molecule has 1 rings (SSSR count). The summed E-state index contributed by atoms with van der Waals surface area (Å²) in [5.41, 5.74) is 0.881. The molecule has 0 saturated heterocycles. The smallest absolute Gasteiger partial charge is 0.326 e. The molecule has 0 aliphatic heterocycles. The van der Waals surface area contributed by atoms with Crippen LogP contribution in [0.3, 0.4) is 0 Å². The van der Waals surface area contributed by atoms with Crippen LogP contribution in [0.4, 0.5) is 0 Å². The van der Waals surface area contributed by atoms with E-state index in [1.807, 2.05) is 24.3 Å². The molecule has 116 valence electrons. The highest BCUT2D eigenvalue weighted by Crippen LogP contribution is 2.13. The number of methoxy groups -OCH3 is 1. The zero-order valence-electron chi connectivity index (χ0n) is 11.7. The van der Waals surface area contributed by atoms with Gasteiger partial charge in [-0.3, -0.25) is 4.79 Å². The highest BCUT2D eigenvalue weighted by Gasteiger charge is 2.21. The van der Waals surface area contributed by atoms with Gasteiger partial charge in [-0.25, -0.2) is 4.79 Å². The highest BCUT2D eigenvalue weighted by molar-refractivity contribution is 14.1. The van der Waals surface area contributed by atoms with E-state index in [9.17, 15) is 14.7 Å². The maximum Gasteiger partial charge on any atom is 0.326 e. The number of nitrogens with one attached hydrogen (secondary N) is 1. The average Bonchev–Trinajstić information content (AvgIpc) is 2.45. The van der Waals surface area contributed by atoms with Crippen LogP contribution in [-0.2, 0) is 25.5 Å². The molecule has 0 bridgehead atoms. The van der Waals surface area contributed by atoms with Gasteiger partial charge in [-0.1, -0.05) is 18.2 Å². The second-order valence-corrected chi connectivity index (χ2v) is 5.46. The largest absolute Gasteiger partial charge is 0.480 e. The number of carbonyl (C=O) groups excluding carboxylic acids is 1. The molecule has 0 saturated carbocycles. The van der Waals surface area contributed by atoms with Crippen molar-refractivity contribution in [3.63, 3.8) is 0 Å². The van der Waals surface area contributed by atoms with Gasteiger partial charge in [0.15, 0.2) is 0 Å². The van der Waals surface area contributed by atoms with Crippen LogP contribution >= 0.6 is 22.6 Å². The minimum Gasteiger partial charge on any atom is -0.480 e. The van der Waals surface area contributed by atoms with Gasteiger partial charge in [0.2, 0.25) is 5.91 Å². The van der Waals surface area contributed by atoms with Crippen LogP contribution in [0, 0.1) is 3.57 Å². The Kier molecular flexibility index (Phi) is 8.24. The number of benzene rings is 1. The summed E-state index contributed by atoms with van der Waals surface area (Å²) in [6.45, 7) is 0.495. The molecule has 1 amide bonds. The summed E-state index contributed by atoms with van der Waals surface area (Å²) in [5.74, 6) is -1.52. The molecule has 6 nitrogen and oxygen atoms in total. The third kappa shape index (κ3) is 6.87. The SMILES string of the molecule is COCCOCC(=O)N[C@@H](Cc1ccccc1I)C(=O)O. The molecule has 0 fully saturated rings. The predicted molar refractivity (Wildman–Crippen MR) is 85.1 cm³/mol. The number of amides is 1. The average molecular weight is 407 g/mol. The number of hydrogen-bond acceptors (Lipinski definition) is 4. The molecule has 0 aliphatic carbocycles. The van der Waals surface area contributed by atoms with Gasteiger partial charge in [-0.2, -0.15) is 0 Å². The van der Waals surface area contributed by atoms with Crippen LogP contribution in [0.5, 0.6) is 0 Å². The number of carboxylic acid groups (broad SMARTS) is 1. The Morgan fingerprint density at radius 2 is 2.05 bits per heavy atom. The zero-order chi connectivity index (χ0) is 15.7. The summed E-state index contributed by atoms with van der Waals surface area (Å²) in [7, 11) is 1.53. The van der Waals surface area contributed by atoms with Crippen molar-refractivity contribution in [2.45, 2.75) is 12.5 Å². The lowest BCUT2D eigenvalue weighted by Crippen LogP contribution is -2.44. The topological polar surface area (TPSA) is 84.9 Å². The molecule has 2 N–H and O–H groups in total.